The van der Waals surface area contributed by atoms with E-state index in [4.69, 9.17) is 0 Å². The summed E-state index contributed by atoms with van der Waals surface area (Å²) in [7, 11) is 0. The maximum Gasteiger partial charge on any atom is 0.0473 e. The molecule has 1 aliphatic rings. The third-order valence-corrected chi connectivity index (χ3v) is 5.96. The molecule has 0 atom stereocenters. The fraction of sp³-hybridized carbons (Fsp3) is 0.182. The zero-order valence-corrected chi connectivity index (χ0v) is 14.1. The Morgan fingerprint density at radius 2 is 1.22 bits per heavy atom. The second-order valence-electron chi connectivity index (χ2n) is 6.12. The molecule has 1 heteroatoms. The van der Waals surface area contributed by atoms with Gasteiger partial charge in [0.25, 0.3) is 0 Å². The summed E-state index contributed by atoms with van der Waals surface area (Å²) in [5.74, 6) is 0. The second kappa shape index (κ2) is 5.90. The fourth-order valence-corrected chi connectivity index (χ4v) is 5.14. The van der Waals surface area contributed by atoms with Crippen LogP contribution in [0.4, 0.5) is 0 Å². The molecule has 0 saturated heterocycles. The van der Waals surface area contributed by atoms with E-state index >= 15 is 0 Å². The first-order chi connectivity index (χ1) is 11.4. The molecule has 0 spiro atoms. The average molecular weight is 316 g/mol. The average Bonchev–Trinajstić information content (AvgIpc) is 2.62. The van der Waals surface area contributed by atoms with Gasteiger partial charge in [-0.15, -0.1) is 0 Å². The van der Waals surface area contributed by atoms with Crippen LogP contribution in [0.25, 0.3) is 0 Å². The minimum absolute atomic E-state index is 0.0333. The molecule has 0 aromatic heterocycles. The molecule has 1 aliphatic heterocycles. The van der Waals surface area contributed by atoms with Crippen LogP contribution in [0.1, 0.15) is 36.5 Å². The van der Waals surface area contributed by atoms with Gasteiger partial charge in [-0.3, -0.25) is 0 Å². The Morgan fingerprint density at radius 3 is 1.78 bits per heavy atom. The summed E-state index contributed by atoms with van der Waals surface area (Å²) in [6.45, 7) is 2.29. The van der Waals surface area contributed by atoms with Crippen molar-refractivity contribution in [3.05, 3.63) is 95.6 Å². The van der Waals surface area contributed by atoms with Gasteiger partial charge in [0.2, 0.25) is 0 Å². The Labute approximate surface area is 142 Å². The summed E-state index contributed by atoms with van der Waals surface area (Å²) in [6, 6.07) is 28.9. The quantitative estimate of drug-likeness (QED) is 0.547. The lowest BCUT2D eigenvalue weighted by Gasteiger charge is -2.41. The molecule has 0 radical (unpaired) electrons. The van der Waals surface area contributed by atoms with Crippen molar-refractivity contribution in [2.24, 2.45) is 0 Å². The summed E-state index contributed by atoms with van der Waals surface area (Å²) in [5.41, 5.74) is 4.28. The Hall–Kier alpha value is -1.99. The third-order valence-electron chi connectivity index (χ3n) is 4.81. The van der Waals surface area contributed by atoms with Crippen molar-refractivity contribution >= 4 is 11.8 Å². The molecule has 1 heterocycles. The van der Waals surface area contributed by atoms with Gasteiger partial charge in [0.1, 0.15) is 0 Å². The van der Waals surface area contributed by atoms with Crippen molar-refractivity contribution < 1.29 is 0 Å². The van der Waals surface area contributed by atoms with E-state index < -0.39 is 0 Å². The van der Waals surface area contributed by atoms with Crippen molar-refractivity contribution in [2.45, 2.75) is 35.0 Å². The smallest absolute Gasteiger partial charge is 0.0473 e. The second-order valence-corrected chi connectivity index (χ2v) is 7.20. The Kier molecular flexibility index (Phi) is 3.74. The molecule has 0 fully saturated rings. The summed E-state index contributed by atoms with van der Waals surface area (Å²) in [4.78, 5) is 2.78. The zero-order valence-electron chi connectivity index (χ0n) is 13.3. The lowest BCUT2D eigenvalue weighted by atomic mass is 9.66. The van der Waals surface area contributed by atoms with Crippen LogP contribution in [0.5, 0.6) is 0 Å². The van der Waals surface area contributed by atoms with Gasteiger partial charge < -0.3 is 0 Å². The van der Waals surface area contributed by atoms with Crippen LogP contribution in [0.3, 0.4) is 0 Å². The van der Waals surface area contributed by atoms with Crippen LogP contribution >= 0.6 is 11.8 Å². The highest BCUT2D eigenvalue weighted by molar-refractivity contribution is 7.99. The van der Waals surface area contributed by atoms with E-state index in [9.17, 15) is 0 Å². The molecule has 114 valence electrons. The van der Waals surface area contributed by atoms with Gasteiger partial charge >= 0.3 is 0 Å². The molecule has 0 amide bonds. The predicted octanol–water partition coefficient (Wildman–Crippen LogP) is 6.29. The zero-order chi connectivity index (χ0) is 15.7. The number of rotatable bonds is 3. The van der Waals surface area contributed by atoms with Crippen molar-refractivity contribution in [1.29, 1.82) is 0 Å². The van der Waals surface area contributed by atoms with Gasteiger partial charge in [0.05, 0.1) is 0 Å². The number of fused-ring (bicyclic) bond motifs is 2. The van der Waals surface area contributed by atoms with Crippen LogP contribution in [0.2, 0.25) is 0 Å². The molecule has 0 saturated carbocycles. The maximum atomic E-state index is 2.32. The highest BCUT2D eigenvalue weighted by atomic mass is 32.2. The first-order valence-electron chi connectivity index (χ1n) is 8.28. The number of hydrogen-bond donors (Lipinski definition) is 0. The largest absolute Gasteiger partial charge is 0.0894 e. The normalized spacial score (nSPS) is 14.8. The van der Waals surface area contributed by atoms with Gasteiger partial charge in [-0.05, 0) is 35.2 Å². The van der Waals surface area contributed by atoms with Gasteiger partial charge in [0, 0.05) is 15.2 Å². The van der Waals surface area contributed by atoms with Crippen molar-refractivity contribution in [1.82, 2.24) is 0 Å². The van der Waals surface area contributed by atoms with E-state index in [-0.39, 0.29) is 5.41 Å². The third kappa shape index (κ3) is 2.22. The highest BCUT2D eigenvalue weighted by Gasteiger charge is 2.41. The first kappa shape index (κ1) is 14.6. The Bertz CT molecular complexity index is 775. The van der Waals surface area contributed by atoms with Crippen LogP contribution < -0.4 is 0 Å². The topological polar surface area (TPSA) is 0 Å². The van der Waals surface area contributed by atoms with Crippen LogP contribution in [-0.4, -0.2) is 0 Å². The van der Waals surface area contributed by atoms with E-state index in [1.807, 2.05) is 11.8 Å². The summed E-state index contributed by atoms with van der Waals surface area (Å²) < 4.78 is 0. The van der Waals surface area contributed by atoms with E-state index in [1.54, 1.807) is 0 Å². The van der Waals surface area contributed by atoms with Crippen molar-refractivity contribution in [3.63, 3.8) is 0 Å². The number of benzene rings is 3. The first-order valence-corrected chi connectivity index (χ1v) is 9.10. The lowest BCUT2D eigenvalue weighted by molar-refractivity contribution is 0.528. The molecule has 0 unspecified atom stereocenters. The number of hydrogen-bond acceptors (Lipinski definition) is 1. The Morgan fingerprint density at radius 1 is 0.696 bits per heavy atom. The highest BCUT2D eigenvalue weighted by Crippen LogP contribution is 2.54. The standard InChI is InChI=1S/C22H20S/c1-2-16-22(17-10-4-3-5-11-17)18-12-6-8-14-20(18)23-21-15-9-7-13-19(21)22/h3-15H,2,16H2,1H3. The predicted molar refractivity (Wildman–Crippen MR) is 98.2 cm³/mol. The molecule has 0 N–H and O–H groups in total. The molecule has 4 rings (SSSR count). The molecule has 0 nitrogen and oxygen atoms in total. The molecule has 23 heavy (non-hydrogen) atoms. The van der Waals surface area contributed by atoms with Crippen molar-refractivity contribution in [2.75, 3.05) is 0 Å². The monoisotopic (exact) mass is 316 g/mol. The summed E-state index contributed by atoms with van der Waals surface area (Å²) in [6.07, 6.45) is 2.29. The summed E-state index contributed by atoms with van der Waals surface area (Å²) >= 11 is 1.91. The molecular weight excluding hydrogens is 296 g/mol. The summed E-state index contributed by atoms with van der Waals surface area (Å²) in [5, 5.41) is 0. The van der Waals surface area contributed by atoms with Crippen LogP contribution in [-0.2, 0) is 5.41 Å². The minimum atomic E-state index is -0.0333. The van der Waals surface area contributed by atoms with Gasteiger partial charge in [-0.1, -0.05) is 91.8 Å². The minimum Gasteiger partial charge on any atom is -0.0894 e. The SMILES string of the molecule is CCCC1(c2ccccc2)c2ccccc2Sc2ccccc21. The molecule has 0 bridgehead atoms. The van der Waals surface area contributed by atoms with E-state index in [2.05, 4.69) is 85.8 Å². The Balaban J connectivity index is 2.08. The fourth-order valence-electron chi connectivity index (χ4n) is 3.90. The van der Waals surface area contributed by atoms with E-state index in [1.165, 1.54) is 26.5 Å². The molecule has 3 aromatic carbocycles. The molecule has 3 aromatic rings. The van der Waals surface area contributed by atoms with Gasteiger partial charge in [0.15, 0.2) is 0 Å². The molecular formula is C22H20S. The van der Waals surface area contributed by atoms with E-state index in [0.29, 0.717) is 0 Å². The van der Waals surface area contributed by atoms with Gasteiger partial charge in [-0.25, -0.2) is 0 Å². The van der Waals surface area contributed by atoms with Gasteiger partial charge in [-0.2, -0.15) is 0 Å². The maximum absolute atomic E-state index is 2.32. The lowest BCUT2D eigenvalue weighted by Crippen LogP contribution is -2.32. The molecule has 0 aliphatic carbocycles. The van der Waals surface area contributed by atoms with Crippen LogP contribution in [0.15, 0.2) is 88.7 Å². The van der Waals surface area contributed by atoms with Crippen molar-refractivity contribution in [3.8, 4) is 0 Å². The van der Waals surface area contributed by atoms with E-state index in [0.717, 1.165) is 12.8 Å². The van der Waals surface area contributed by atoms with Crippen LogP contribution in [0, 0.1) is 0 Å².